The maximum absolute atomic E-state index is 13.4. The summed E-state index contributed by atoms with van der Waals surface area (Å²) in [5.41, 5.74) is 2.01. The van der Waals surface area contributed by atoms with E-state index in [0.29, 0.717) is 11.3 Å². The van der Waals surface area contributed by atoms with Crippen molar-refractivity contribution < 1.29 is 14.3 Å². The lowest BCUT2D eigenvalue weighted by atomic mass is 10.0. The highest BCUT2D eigenvalue weighted by molar-refractivity contribution is 6.35. The van der Waals surface area contributed by atoms with Crippen LogP contribution in [0.2, 0.25) is 0 Å². The highest BCUT2D eigenvalue weighted by Crippen LogP contribution is 2.37. The molecule has 2 amide bonds. The Bertz CT molecular complexity index is 739. The van der Waals surface area contributed by atoms with Crippen LogP contribution in [0.3, 0.4) is 0 Å². The van der Waals surface area contributed by atoms with Gasteiger partial charge in [0.2, 0.25) is 0 Å². The number of benzene rings is 1. The van der Waals surface area contributed by atoms with E-state index in [1.54, 1.807) is 12.0 Å². The molecule has 5 heteroatoms. The molecule has 2 heterocycles. The van der Waals surface area contributed by atoms with E-state index in [4.69, 9.17) is 4.74 Å². The van der Waals surface area contributed by atoms with Crippen LogP contribution in [-0.4, -0.2) is 47.9 Å². The Hall–Kier alpha value is -2.30. The van der Waals surface area contributed by atoms with Gasteiger partial charge in [-0.05, 0) is 43.4 Å². The lowest BCUT2D eigenvalue weighted by Gasteiger charge is -2.26. The molecule has 27 heavy (non-hydrogen) atoms. The smallest absolute Gasteiger partial charge is 0.278 e. The molecule has 5 nitrogen and oxygen atoms in total. The average molecular weight is 368 g/mol. The minimum Gasteiger partial charge on any atom is -0.497 e. The second-order valence-electron chi connectivity index (χ2n) is 7.77. The summed E-state index contributed by atoms with van der Waals surface area (Å²) in [4.78, 5) is 30.5. The summed E-state index contributed by atoms with van der Waals surface area (Å²) in [6.45, 7) is 1.71. The topological polar surface area (TPSA) is 49.9 Å². The molecule has 3 aliphatic rings. The molecule has 144 valence electrons. The van der Waals surface area contributed by atoms with Gasteiger partial charge >= 0.3 is 0 Å². The van der Waals surface area contributed by atoms with E-state index in [1.807, 2.05) is 24.3 Å². The Morgan fingerprint density at radius 3 is 2.07 bits per heavy atom. The zero-order valence-electron chi connectivity index (χ0n) is 16.1. The van der Waals surface area contributed by atoms with Crippen molar-refractivity contribution >= 4 is 17.4 Å². The second-order valence-corrected chi connectivity index (χ2v) is 7.77. The normalized spacial score (nSPS) is 22.0. The van der Waals surface area contributed by atoms with Gasteiger partial charge in [0.25, 0.3) is 11.8 Å². The summed E-state index contributed by atoms with van der Waals surface area (Å²) in [6, 6.07) is 7.55. The van der Waals surface area contributed by atoms with Crippen LogP contribution in [0, 0.1) is 0 Å². The number of hydrogen-bond acceptors (Lipinski definition) is 4. The van der Waals surface area contributed by atoms with Crippen LogP contribution in [-0.2, 0) is 9.59 Å². The molecule has 4 rings (SSSR count). The first-order valence-corrected chi connectivity index (χ1v) is 10.2. The van der Waals surface area contributed by atoms with Crippen LogP contribution in [0.4, 0.5) is 0 Å². The summed E-state index contributed by atoms with van der Waals surface area (Å²) in [5, 5.41) is 0. The van der Waals surface area contributed by atoms with Crippen LogP contribution < -0.4 is 4.74 Å². The molecule has 1 aromatic carbocycles. The van der Waals surface area contributed by atoms with E-state index < -0.39 is 0 Å². The minimum absolute atomic E-state index is 0.0425. The van der Waals surface area contributed by atoms with E-state index in [1.165, 1.54) is 12.8 Å². The van der Waals surface area contributed by atoms with Gasteiger partial charge in [-0.2, -0.15) is 0 Å². The van der Waals surface area contributed by atoms with Crippen molar-refractivity contribution in [1.29, 1.82) is 0 Å². The predicted molar refractivity (Wildman–Crippen MR) is 104 cm³/mol. The van der Waals surface area contributed by atoms with Crippen molar-refractivity contribution in [1.82, 2.24) is 9.80 Å². The number of rotatable bonds is 4. The largest absolute Gasteiger partial charge is 0.497 e. The van der Waals surface area contributed by atoms with Crippen LogP contribution in [0.15, 0.2) is 30.0 Å². The van der Waals surface area contributed by atoms with E-state index in [-0.39, 0.29) is 17.9 Å². The third kappa shape index (κ3) is 3.35. The Morgan fingerprint density at radius 2 is 1.48 bits per heavy atom. The molecule has 0 aromatic heterocycles. The lowest BCUT2D eigenvalue weighted by Crippen LogP contribution is -2.42. The number of carbonyl (C=O) groups is 2. The van der Waals surface area contributed by atoms with Crippen molar-refractivity contribution in [2.75, 3.05) is 20.2 Å². The SMILES string of the molecule is COc1ccc(C2=C(N3CCCC3)C(=O)N(C3CCCCCC3)C2=O)cc1. The number of likely N-dealkylation sites (tertiary alicyclic amines) is 1. The van der Waals surface area contributed by atoms with Gasteiger partial charge < -0.3 is 9.64 Å². The molecule has 0 spiro atoms. The molecule has 2 fully saturated rings. The summed E-state index contributed by atoms with van der Waals surface area (Å²) in [6.07, 6.45) is 8.60. The van der Waals surface area contributed by atoms with Crippen LogP contribution in [0.5, 0.6) is 5.75 Å². The van der Waals surface area contributed by atoms with E-state index in [9.17, 15) is 9.59 Å². The minimum atomic E-state index is -0.112. The van der Waals surface area contributed by atoms with Crippen molar-refractivity contribution in [2.45, 2.75) is 57.4 Å². The van der Waals surface area contributed by atoms with Crippen molar-refractivity contribution in [3.8, 4) is 5.75 Å². The molecule has 0 N–H and O–H groups in total. The number of hydrogen-bond donors (Lipinski definition) is 0. The van der Waals surface area contributed by atoms with Crippen molar-refractivity contribution in [2.24, 2.45) is 0 Å². The highest BCUT2D eigenvalue weighted by Gasteiger charge is 2.45. The van der Waals surface area contributed by atoms with Crippen molar-refractivity contribution in [3.63, 3.8) is 0 Å². The number of methoxy groups -OCH3 is 1. The molecule has 1 aromatic rings. The third-order valence-electron chi connectivity index (χ3n) is 6.08. The molecule has 1 saturated carbocycles. The Morgan fingerprint density at radius 1 is 0.852 bits per heavy atom. The third-order valence-corrected chi connectivity index (χ3v) is 6.08. The van der Waals surface area contributed by atoms with Gasteiger partial charge in [-0.3, -0.25) is 14.5 Å². The van der Waals surface area contributed by atoms with E-state index >= 15 is 0 Å². The molecule has 2 aliphatic heterocycles. The summed E-state index contributed by atoms with van der Waals surface area (Å²) < 4.78 is 5.25. The Labute approximate surface area is 161 Å². The lowest BCUT2D eigenvalue weighted by molar-refractivity contribution is -0.140. The van der Waals surface area contributed by atoms with Gasteiger partial charge in [0.15, 0.2) is 0 Å². The Balaban J connectivity index is 1.72. The molecule has 0 radical (unpaired) electrons. The molecule has 0 bridgehead atoms. The molecular formula is C22H28N2O3. The number of nitrogens with zero attached hydrogens (tertiary/aromatic N) is 2. The summed E-state index contributed by atoms with van der Waals surface area (Å²) in [7, 11) is 1.63. The first kappa shape index (κ1) is 18.1. The molecular weight excluding hydrogens is 340 g/mol. The zero-order valence-corrected chi connectivity index (χ0v) is 16.1. The number of carbonyl (C=O) groups excluding carboxylic acids is 2. The number of ether oxygens (including phenoxy) is 1. The zero-order chi connectivity index (χ0) is 18.8. The fraction of sp³-hybridized carbons (Fsp3) is 0.545. The van der Waals surface area contributed by atoms with Crippen LogP contribution in [0.25, 0.3) is 5.57 Å². The fourth-order valence-electron chi connectivity index (χ4n) is 4.63. The van der Waals surface area contributed by atoms with E-state index in [2.05, 4.69) is 4.90 Å². The summed E-state index contributed by atoms with van der Waals surface area (Å²) in [5.74, 6) is 0.554. The van der Waals surface area contributed by atoms with Crippen LogP contribution >= 0.6 is 0 Å². The van der Waals surface area contributed by atoms with Gasteiger partial charge in [0, 0.05) is 19.1 Å². The molecule has 0 atom stereocenters. The van der Waals surface area contributed by atoms with Crippen LogP contribution in [0.1, 0.15) is 56.9 Å². The first-order valence-electron chi connectivity index (χ1n) is 10.2. The maximum Gasteiger partial charge on any atom is 0.278 e. The van der Waals surface area contributed by atoms with Gasteiger partial charge in [-0.25, -0.2) is 0 Å². The first-order chi connectivity index (χ1) is 13.2. The number of amides is 2. The highest BCUT2D eigenvalue weighted by atomic mass is 16.5. The van der Waals surface area contributed by atoms with Gasteiger partial charge in [0.1, 0.15) is 11.4 Å². The summed E-state index contributed by atoms with van der Waals surface area (Å²) >= 11 is 0. The molecule has 1 aliphatic carbocycles. The number of imide groups is 1. The monoisotopic (exact) mass is 368 g/mol. The van der Waals surface area contributed by atoms with Crippen molar-refractivity contribution in [3.05, 3.63) is 35.5 Å². The average Bonchev–Trinajstić information content (AvgIpc) is 3.20. The quantitative estimate of drug-likeness (QED) is 0.602. The van der Waals surface area contributed by atoms with E-state index in [0.717, 1.165) is 62.9 Å². The molecule has 1 saturated heterocycles. The fourth-order valence-corrected chi connectivity index (χ4v) is 4.63. The van der Waals surface area contributed by atoms with Gasteiger partial charge in [-0.15, -0.1) is 0 Å². The molecule has 0 unspecified atom stereocenters. The maximum atomic E-state index is 13.4. The van der Waals surface area contributed by atoms with Gasteiger partial charge in [-0.1, -0.05) is 37.8 Å². The Kier molecular flexibility index (Phi) is 5.19. The second kappa shape index (κ2) is 7.75. The van der Waals surface area contributed by atoms with Gasteiger partial charge in [0.05, 0.1) is 12.7 Å². The standard InChI is InChI=1S/C22H28N2O3/c1-27-18-12-10-16(11-13-18)19-20(23-14-6-7-15-23)22(26)24(21(19)25)17-8-4-2-3-5-9-17/h10-13,17H,2-9,14-15H2,1H3. The predicted octanol–water partition coefficient (Wildman–Crippen LogP) is 3.59.